The lowest BCUT2D eigenvalue weighted by molar-refractivity contribution is -0.122. The molecule has 6 nitrogen and oxygen atoms in total. The lowest BCUT2D eigenvalue weighted by Gasteiger charge is -2.23. The minimum absolute atomic E-state index is 0.0812. The fraction of sp³-hybridized carbons (Fsp3) is 0.316. The zero-order valence-electron chi connectivity index (χ0n) is 15.3. The van der Waals surface area contributed by atoms with E-state index in [1.807, 2.05) is 30.3 Å². The molecular formula is C19H23ClN2O4S. The predicted molar refractivity (Wildman–Crippen MR) is 105 cm³/mol. The fourth-order valence-electron chi connectivity index (χ4n) is 2.54. The molecule has 0 aliphatic rings. The maximum absolute atomic E-state index is 13.1. The maximum atomic E-state index is 13.1. The van der Waals surface area contributed by atoms with Crippen molar-refractivity contribution in [2.24, 2.45) is 0 Å². The Kier molecular flexibility index (Phi) is 7.79. The summed E-state index contributed by atoms with van der Waals surface area (Å²) in [6.45, 7) is 1.91. The lowest BCUT2D eigenvalue weighted by atomic mass is 10.2. The highest BCUT2D eigenvalue weighted by molar-refractivity contribution is 7.89. The van der Waals surface area contributed by atoms with E-state index in [0.717, 1.165) is 9.87 Å². The van der Waals surface area contributed by atoms with Gasteiger partial charge in [-0.2, -0.15) is 4.31 Å². The monoisotopic (exact) mass is 410 g/mol. The van der Waals surface area contributed by atoms with Crippen LogP contribution in [0.3, 0.4) is 0 Å². The topological polar surface area (TPSA) is 75.7 Å². The van der Waals surface area contributed by atoms with Gasteiger partial charge in [-0.3, -0.25) is 4.79 Å². The zero-order valence-corrected chi connectivity index (χ0v) is 16.8. The number of nitrogens with zero attached hydrogens (tertiary/aromatic N) is 1. The first-order valence-corrected chi connectivity index (χ1v) is 10.2. The van der Waals surface area contributed by atoms with E-state index in [-0.39, 0.29) is 24.0 Å². The molecule has 0 bridgehead atoms. The maximum Gasteiger partial charge on any atom is 0.243 e. The van der Waals surface area contributed by atoms with Gasteiger partial charge in [-0.05, 0) is 36.8 Å². The van der Waals surface area contributed by atoms with Gasteiger partial charge in [0.1, 0.15) is 0 Å². The van der Waals surface area contributed by atoms with Gasteiger partial charge in [0.2, 0.25) is 15.9 Å². The number of sulfonamides is 1. The summed E-state index contributed by atoms with van der Waals surface area (Å²) in [7, 11) is -2.34. The average Bonchev–Trinajstić information content (AvgIpc) is 2.62. The number of hydrogen-bond donors (Lipinski definition) is 1. The number of rotatable bonds is 9. The molecule has 2 rings (SSSR count). The van der Waals surface area contributed by atoms with E-state index >= 15 is 0 Å². The summed E-state index contributed by atoms with van der Waals surface area (Å²) in [5, 5.41) is 3.18. The largest absolute Gasteiger partial charge is 0.383 e. The molecule has 27 heavy (non-hydrogen) atoms. The van der Waals surface area contributed by atoms with Crippen LogP contribution in [0.4, 0.5) is 0 Å². The van der Waals surface area contributed by atoms with Gasteiger partial charge < -0.3 is 10.1 Å². The predicted octanol–water partition coefficient (Wildman–Crippen LogP) is 2.68. The number of ether oxygens (including phenoxy) is 1. The molecule has 0 radical (unpaired) electrons. The number of carbonyl (C=O) groups is 1. The number of methoxy groups -OCH3 is 1. The Morgan fingerprint density at radius 3 is 2.37 bits per heavy atom. The number of amides is 1. The highest BCUT2D eigenvalue weighted by Gasteiger charge is 2.27. The molecule has 0 heterocycles. The van der Waals surface area contributed by atoms with Crippen LogP contribution in [0.25, 0.3) is 0 Å². The van der Waals surface area contributed by atoms with Gasteiger partial charge in [0.05, 0.1) is 18.0 Å². The third-order valence-electron chi connectivity index (χ3n) is 3.80. The SMILES string of the molecule is COC[C@H](C)NC(=O)CN(Cc1ccccc1)S(=O)(=O)c1ccc(Cl)cc1. The summed E-state index contributed by atoms with van der Waals surface area (Å²) in [4.78, 5) is 12.5. The first-order chi connectivity index (χ1) is 12.8. The Morgan fingerprint density at radius 1 is 1.15 bits per heavy atom. The molecule has 2 aromatic rings. The van der Waals surface area contributed by atoms with Crippen molar-refractivity contribution in [1.82, 2.24) is 9.62 Å². The number of carbonyl (C=O) groups excluding carboxylic acids is 1. The summed E-state index contributed by atoms with van der Waals surface area (Å²) in [6.07, 6.45) is 0. The van der Waals surface area contributed by atoms with E-state index in [9.17, 15) is 13.2 Å². The molecule has 0 saturated heterocycles. The van der Waals surface area contributed by atoms with E-state index in [2.05, 4.69) is 5.32 Å². The summed E-state index contributed by atoms with van der Waals surface area (Å²) >= 11 is 5.86. The van der Waals surface area contributed by atoms with Gasteiger partial charge >= 0.3 is 0 Å². The Bertz CT molecular complexity index is 842. The van der Waals surface area contributed by atoms with Crippen molar-refractivity contribution in [1.29, 1.82) is 0 Å². The van der Waals surface area contributed by atoms with Crippen LogP contribution >= 0.6 is 11.6 Å². The van der Waals surface area contributed by atoms with Crippen LogP contribution in [0.5, 0.6) is 0 Å². The fourth-order valence-corrected chi connectivity index (χ4v) is 4.05. The minimum Gasteiger partial charge on any atom is -0.383 e. The molecule has 0 saturated carbocycles. The third kappa shape index (κ3) is 6.32. The number of nitrogens with one attached hydrogen (secondary N) is 1. The molecule has 1 N–H and O–H groups in total. The van der Waals surface area contributed by atoms with Gasteiger partial charge in [0.15, 0.2) is 0 Å². The number of halogens is 1. The van der Waals surface area contributed by atoms with Crippen LogP contribution in [0.1, 0.15) is 12.5 Å². The van der Waals surface area contributed by atoms with Crippen LogP contribution in [0.2, 0.25) is 5.02 Å². The summed E-state index contributed by atoms with van der Waals surface area (Å²) in [5.74, 6) is -0.395. The third-order valence-corrected chi connectivity index (χ3v) is 5.86. The standard InChI is InChI=1S/C19H23ClN2O4S/c1-15(14-26-2)21-19(23)13-22(12-16-6-4-3-5-7-16)27(24,25)18-10-8-17(20)9-11-18/h3-11,15H,12-14H2,1-2H3,(H,21,23)/t15-/m0/s1. The zero-order chi connectivity index (χ0) is 19.9. The van der Waals surface area contributed by atoms with Gasteiger partial charge in [-0.1, -0.05) is 41.9 Å². The van der Waals surface area contributed by atoms with Crippen molar-refractivity contribution >= 4 is 27.5 Å². The Balaban J connectivity index is 2.26. The molecule has 0 spiro atoms. The first-order valence-electron chi connectivity index (χ1n) is 8.41. The molecule has 0 aliphatic heterocycles. The second-order valence-electron chi connectivity index (χ2n) is 6.14. The molecule has 2 aromatic carbocycles. The van der Waals surface area contributed by atoms with Gasteiger partial charge in [-0.15, -0.1) is 0 Å². The van der Waals surface area contributed by atoms with Gasteiger partial charge in [0.25, 0.3) is 0 Å². The minimum atomic E-state index is -3.88. The average molecular weight is 411 g/mol. The first kappa shape index (κ1) is 21.4. The summed E-state index contributed by atoms with van der Waals surface area (Å²) in [6, 6.07) is 14.8. The van der Waals surface area contributed by atoms with Crippen LogP contribution in [-0.4, -0.2) is 44.9 Å². The second-order valence-corrected chi connectivity index (χ2v) is 8.51. The van der Waals surface area contributed by atoms with Crippen LogP contribution < -0.4 is 5.32 Å². The smallest absolute Gasteiger partial charge is 0.243 e. The van der Waals surface area contributed by atoms with E-state index in [1.165, 1.54) is 31.4 Å². The van der Waals surface area contributed by atoms with Gasteiger partial charge in [-0.25, -0.2) is 8.42 Å². The van der Waals surface area contributed by atoms with Crippen molar-refractivity contribution in [2.75, 3.05) is 20.3 Å². The quantitative estimate of drug-likeness (QED) is 0.689. The van der Waals surface area contributed by atoms with E-state index in [1.54, 1.807) is 6.92 Å². The number of benzene rings is 2. The van der Waals surface area contributed by atoms with Crippen LogP contribution in [0, 0.1) is 0 Å². The molecule has 0 aliphatic carbocycles. The van der Waals surface area contributed by atoms with Crippen molar-refractivity contribution in [2.45, 2.75) is 24.4 Å². The Morgan fingerprint density at radius 2 is 1.78 bits per heavy atom. The Hall–Kier alpha value is -1.93. The Labute approximate surface area is 165 Å². The molecule has 1 amide bonds. The molecule has 146 valence electrons. The molecule has 0 aromatic heterocycles. The molecule has 8 heteroatoms. The number of hydrogen-bond acceptors (Lipinski definition) is 4. The molecule has 0 fully saturated rings. The van der Waals surface area contributed by atoms with Crippen LogP contribution in [-0.2, 0) is 26.1 Å². The van der Waals surface area contributed by atoms with Crippen molar-refractivity contribution in [3.8, 4) is 0 Å². The van der Waals surface area contributed by atoms with Crippen molar-refractivity contribution in [3.63, 3.8) is 0 Å². The van der Waals surface area contributed by atoms with Crippen molar-refractivity contribution < 1.29 is 17.9 Å². The van der Waals surface area contributed by atoms with Crippen LogP contribution in [0.15, 0.2) is 59.5 Å². The molecular weight excluding hydrogens is 388 g/mol. The van der Waals surface area contributed by atoms with E-state index in [4.69, 9.17) is 16.3 Å². The van der Waals surface area contributed by atoms with E-state index < -0.39 is 15.9 Å². The highest BCUT2D eigenvalue weighted by atomic mass is 35.5. The second kappa shape index (κ2) is 9.85. The molecule has 0 unspecified atom stereocenters. The molecule has 1 atom stereocenters. The summed E-state index contributed by atoms with van der Waals surface area (Å²) in [5.41, 5.74) is 0.785. The summed E-state index contributed by atoms with van der Waals surface area (Å²) < 4.78 is 32.3. The normalized spacial score (nSPS) is 12.7. The van der Waals surface area contributed by atoms with Crippen molar-refractivity contribution in [3.05, 3.63) is 65.2 Å². The van der Waals surface area contributed by atoms with E-state index in [0.29, 0.717) is 11.6 Å². The lowest BCUT2D eigenvalue weighted by Crippen LogP contribution is -2.44. The highest BCUT2D eigenvalue weighted by Crippen LogP contribution is 2.20. The van der Waals surface area contributed by atoms with Gasteiger partial charge in [0, 0.05) is 24.7 Å².